The van der Waals surface area contributed by atoms with E-state index in [2.05, 4.69) is 10.3 Å². The SMILES string of the molecule is Cc1cc(NCCN2C(=O)CCC2=O)ccn1. The molecule has 0 spiro atoms. The molecule has 1 N–H and O–H groups in total. The van der Waals surface area contributed by atoms with Gasteiger partial charge in [-0.2, -0.15) is 0 Å². The van der Waals surface area contributed by atoms with E-state index in [1.807, 2.05) is 19.1 Å². The Hall–Kier alpha value is -1.91. The summed E-state index contributed by atoms with van der Waals surface area (Å²) in [5.74, 6) is -0.134. The molecule has 0 aromatic carbocycles. The van der Waals surface area contributed by atoms with Crippen LogP contribution in [0.3, 0.4) is 0 Å². The quantitative estimate of drug-likeness (QED) is 0.786. The zero-order valence-corrected chi connectivity index (χ0v) is 9.77. The number of hydrogen-bond donors (Lipinski definition) is 1. The zero-order valence-electron chi connectivity index (χ0n) is 9.77. The summed E-state index contributed by atoms with van der Waals surface area (Å²) in [6.45, 7) is 2.92. The van der Waals surface area contributed by atoms with Crippen LogP contribution < -0.4 is 5.32 Å². The molecule has 0 unspecified atom stereocenters. The molecule has 1 saturated heterocycles. The van der Waals surface area contributed by atoms with Crippen molar-refractivity contribution in [2.24, 2.45) is 0 Å². The second-order valence-electron chi connectivity index (χ2n) is 4.05. The summed E-state index contributed by atoms with van der Waals surface area (Å²) in [5.41, 5.74) is 1.89. The zero-order chi connectivity index (χ0) is 12.3. The van der Waals surface area contributed by atoms with Crippen LogP contribution in [0.2, 0.25) is 0 Å². The Morgan fingerprint density at radius 3 is 2.71 bits per heavy atom. The minimum Gasteiger partial charge on any atom is -0.383 e. The lowest BCUT2D eigenvalue weighted by Crippen LogP contribution is -2.33. The number of amides is 2. The number of pyridine rings is 1. The Morgan fingerprint density at radius 2 is 2.06 bits per heavy atom. The van der Waals surface area contributed by atoms with Crippen molar-refractivity contribution in [2.75, 3.05) is 18.4 Å². The maximum absolute atomic E-state index is 11.3. The van der Waals surface area contributed by atoms with Gasteiger partial charge in [0.25, 0.3) is 0 Å². The minimum atomic E-state index is -0.0669. The van der Waals surface area contributed by atoms with Gasteiger partial charge < -0.3 is 5.32 Å². The lowest BCUT2D eigenvalue weighted by molar-refractivity contribution is -0.138. The molecule has 1 aliphatic rings. The molecule has 1 aromatic rings. The van der Waals surface area contributed by atoms with Crippen molar-refractivity contribution in [3.63, 3.8) is 0 Å². The summed E-state index contributed by atoms with van der Waals surface area (Å²) >= 11 is 0. The van der Waals surface area contributed by atoms with E-state index in [9.17, 15) is 9.59 Å². The molecule has 17 heavy (non-hydrogen) atoms. The molecule has 0 saturated carbocycles. The van der Waals surface area contributed by atoms with E-state index in [-0.39, 0.29) is 11.8 Å². The van der Waals surface area contributed by atoms with Gasteiger partial charge in [-0.15, -0.1) is 0 Å². The summed E-state index contributed by atoms with van der Waals surface area (Å²) in [5, 5.41) is 3.17. The van der Waals surface area contributed by atoms with Crippen molar-refractivity contribution >= 4 is 17.5 Å². The third-order valence-corrected chi connectivity index (χ3v) is 2.72. The van der Waals surface area contributed by atoms with Crippen LogP contribution in [0.4, 0.5) is 5.69 Å². The smallest absolute Gasteiger partial charge is 0.229 e. The maximum atomic E-state index is 11.3. The third-order valence-electron chi connectivity index (χ3n) is 2.72. The summed E-state index contributed by atoms with van der Waals surface area (Å²) < 4.78 is 0. The van der Waals surface area contributed by atoms with E-state index in [1.165, 1.54) is 4.90 Å². The van der Waals surface area contributed by atoms with Crippen LogP contribution in [0, 0.1) is 6.92 Å². The van der Waals surface area contributed by atoms with Gasteiger partial charge in [0.05, 0.1) is 0 Å². The van der Waals surface area contributed by atoms with Gasteiger partial charge in [-0.1, -0.05) is 0 Å². The number of carbonyl (C=O) groups excluding carboxylic acids is 2. The van der Waals surface area contributed by atoms with Crippen molar-refractivity contribution in [3.05, 3.63) is 24.0 Å². The molecule has 2 amide bonds. The molecule has 1 aromatic heterocycles. The number of rotatable bonds is 4. The Kier molecular flexibility index (Phi) is 3.37. The second kappa shape index (κ2) is 4.95. The van der Waals surface area contributed by atoms with Gasteiger partial charge in [0, 0.05) is 43.5 Å². The number of aromatic nitrogens is 1. The van der Waals surface area contributed by atoms with Gasteiger partial charge in [0.2, 0.25) is 11.8 Å². The van der Waals surface area contributed by atoms with Gasteiger partial charge in [-0.05, 0) is 19.1 Å². The maximum Gasteiger partial charge on any atom is 0.229 e. The molecule has 2 heterocycles. The van der Waals surface area contributed by atoms with E-state index in [0.29, 0.717) is 25.9 Å². The molecule has 5 nitrogen and oxygen atoms in total. The highest BCUT2D eigenvalue weighted by molar-refractivity contribution is 6.01. The molecule has 90 valence electrons. The fraction of sp³-hybridized carbons (Fsp3) is 0.417. The molecule has 0 radical (unpaired) electrons. The number of carbonyl (C=O) groups is 2. The van der Waals surface area contributed by atoms with E-state index < -0.39 is 0 Å². The highest BCUT2D eigenvalue weighted by atomic mass is 16.2. The largest absolute Gasteiger partial charge is 0.383 e. The minimum absolute atomic E-state index is 0.0669. The normalized spacial score (nSPS) is 15.5. The van der Waals surface area contributed by atoms with E-state index in [4.69, 9.17) is 0 Å². The highest BCUT2D eigenvalue weighted by Crippen LogP contribution is 2.11. The van der Waals surface area contributed by atoms with E-state index in [1.54, 1.807) is 6.20 Å². The number of imide groups is 1. The molecule has 0 atom stereocenters. The van der Waals surface area contributed by atoms with Crippen LogP contribution in [-0.4, -0.2) is 34.8 Å². The van der Waals surface area contributed by atoms with E-state index >= 15 is 0 Å². The van der Waals surface area contributed by atoms with Gasteiger partial charge in [0.1, 0.15) is 0 Å². The average Bonchev–Trinajstić information content (AvgIpc) is 2.61. The fourth-order valence-corrected chi connectivity index (χ4v) is 1.84. The van der Waals surface area contributed by atoms with Crippen LogP contribution in [-0.2, 0) is 9.59 Å². The van der Waals surface area contributed by atoms with Gasteiger partial charge in [-0.25, -0.2) is 0 Å². The standard InChI is InChI=1S/C12H15N3O2/c1-9-8-10(4-5-13-9)14-6-7-15-11(16)2-3-12(15)17/h4-5,8H,2-3,6-7H2,1H3,(H,13,14). The molecular weight excluding hydrogens is 218 g/mol. The van der Waals surface area contributed by atoms with Crippen LogP contribution in [0.1, 0.15) is 18.5 Å². The number of anilines is 1. The van der Waals surface area contributed by atoms with Crippen molar-refractivity contribution in [1.29, 1.82) is 0 Å². The topological polar surface area (TPSA) is 62.3 Å². The number of hydrogen-bond acceptors (Lipinski definition) is 4. The molecule has 5 heteroatoms. The van der Waals surface area contributed by atoms with Crippen LogP contribution >= 0.6 is 0 Å². The van der Waals surface area contributed by atoms with Crippen LogP contribution in [0.5, 0.6) is 0 Å². The van der Waals surface area contributed by atoms with Gasteiger partial charge >= 0.3 is 0 Å². The molecule has 0 aliphatic carbocycles. The third kappa shape index (κ3) is 2.81. The first-order valence-electron chi connectivity index (χ1n) is 5.66. The van der Waals surface area contributed by atoms with Crippen molar-refractivity contribution in [1.82, 2.24) is 9.88 Å². The summed E-state index contributed by atoms with van der Waals surface area (Å²) in [6, 6.07) is 3.79. The number of nitrogens with one attached hydrogen (secondary N) is 1. The Balaban J connectivity index is 1.83. The molecule has 1 aliphatic heterocycles. The average molecular weight is 233 g/mol. The van der Waals surface area contributed by atoms with Crippen molar-refractivity contribution in [2.45, 2.75) is 19.8 Å². The van der Waals surface area contributed by atoms with Crippen molar-refractivity contribution in [3.8, 4) is 0 Å². The first-order chi connectivity index (χ1) is 8.16. The summed E-state index contributed by atoms with van der Waals surface area (Å²) in [4.78, 5) is 28.1. The summed E-state index contributed by atoms with van der Waals surface area (Å²) in [6.07, 6.45) is 2.43. The number of nitrogens with zero attached hydrogens (tertiary/aromatic N) is 2. The van der Waals surface area contributed by atoms with Crippen LogP contribution in [0.25, 0.3) is 0 Å². The highest BCUT2D eigenvalue weighted by Gasteiger charge is 2.27. The predicted molar refractivity (Wildman–Crippen MR) is 63.4 cm³/mol. The number of aryl methyl sites for hydroxylation is 1. The molecular formula is C12H15N3O2. The predicted octanol–water partition coefficient (Wildman–Crippen LogP) is 0.951. The fourth-order valence-electron chi connectivity index (χ4n) is 1.84. The number of likely N-dealkylation sites (tertiary alicyclic amines) is 1. The monoisotopic (exact) mass is 233 g/mol. The Morgan fingerprint density at radius 1 is 1.35 bits per heavy atom. The lowest BCUT2D eigenvalue weighted by Gasteiger charge is -2.14. The van der Waals surface area contributed by atoms with Gasteiger partial charge in [0.15, 0.2) is 0 Å². The first-order valence-corrected chi connectivity index (χ1v) is 5.66. The second-order valence-corrected chi connectivity index (χ2v) is 4.05. The molecule has 2 rings (SSSR count). The van der Waals surface area contributed by atoms with Crippen molar-refractivity contribution < 1.29 is 9.59 Å². The Labute approximate surface area is 99.8 Å². The summed E-state index contributed by atoms with van der Waals surface area (Å²) in [7, 11) is 0. The van der Waals surface area contributed by atoms with Gasteiger partial charge in [-0.3, -0.25) is 19.5 Å². The molecule has 0 bridgehead atoms. The molecule has 1 fully saturated rings. The Bertz CT molecular complexity index is 429. The van der Waals surface area contributed by atoms with Crippen LogP contribution in [0.15, 0.2) is 18.3 Å². The first kappa shape index (κ1) is 11.6. The lowest BCUT2D eigenvalue weighted by atomic mass is 10.3. The van der Waals surface area contributed by atoms with E-state index in [0.717, 1.165) is 11.4 Å².